The highest BCUT2D eigenvalue weighted by Gasteiger charge is 2.30. The minimum absolute atomic E-state index is 0.0193. The van der Waals surface area contributed by atoms with E-state index in [0.717, 1.165) is 0 Å². The number of carbonyl (C=O) groups is 1. The van der Waals surface area contributed by atoms with Crippen LogP contribution >= 0.6 is 0 Å². The second-order valence-electron chi connectivity index (χ2n) is 5.66. The molecule has 2 aromatic rings. The topological polar surface area (TPSA) is 127 Å². The average molecular weight is 354 g/mol. The van der Waals surface area contributed by atoms with Crippen molar-refractivity contribution in [2.45, 2.75) is 12.1 Å². The number of nitrogens with one attached hydrogen (secondary N) is 2. The molecule has 0 heterocycles. The van der Waals surface area contributed by atoms with Crippen LogP contribution in [0.15, 0.2) is 60.7 Å². The van der Waals surface area contributed by atoms with Crippen LogP contribution in [0.25, 0.3) is 0 Å². The van der Waals surface area contributed by atoms with Crippen molar-refractivity contribution in [3.63, 3.8) is 0 Å². The first-order valence-corrected chi connectivity index (χ1v) is 7.68. The SMILES string of the molecule is O=C1C=CC(Nc2ccc([N+](=O)[O-])cc2)C1Nc1ccc([N+](=O)[O-])cc1. The number of rotatable bonds is 6. The summed E-state index contributed by atoms with van der Waals surface area (Å²) in [5.41, 5.74) is 1.16. The maximum absolute atomic E-state index is 12.1. The zero-order chi connectivity index (χ0) is 18.7. The number of carbonyl (C=O) groups excluding carboxylic acids is 1. The van der Waals surface area contributed by atoms with E-state index in [0.29, 0.717) is 11.4 Å². The first-order valence-electron chi connectivity index (χ1n) is 7.68. The standard InChI is InChI=1S/C17H14N4O5/c22-16-10-9-15(18-11-1-5-13(6-2-11)20(23)24)17(16)19-12-3-7-14(8-4-12)21(25)26/h1-10,15,17-19H. The highest BCUT2D eigenvalue weighted by atomic mass is 16.6. The molecule has 0 fully saturated rings. The van der Waals surface area contributed by atoms with Crippen LogP contribution in [-0.4, -0.2) is 27.7 Å². The Kier molecular flexibility index (Phi) is 4.61. The van der Waals surface area contributed by atoms with E-state index in [1.807, 2.05) is 0 Å². The molecule has 0 bridgehead atoms. The Bertz CT molecular complexity index is 877. The molecular weight excluding hydrogens is 340 g/mol. The van der Waals surface area contributed by atoms with Crippen LogP contribution in [0.3, 0.4) is 0 Å². The van der Waals surface area contributed by atoms with Crippen LogP contribution < -0.4 is 10.6 Å². The Hall–Kier alpha value is -3.75. The van der Waals surface area contributed by atoms with Gasteiger partial charge in [-0.05, 0) is 30.3 Å². The van der Waals surface area contributed by atoms with Gasteiger partial charge in [-0.25, -0.2) is 0 Å². The molecule has 132 valence electrons. The Morgan fingerprint density at radius 3 is 1.69 bits per heavy atom. The summed E-state index contributed by atoms with van der Waals surface area (Å²) in [6.45, 7) is 0. The van der Waals surface area contributed by atoms with Crippen molar-refractivity contribution in [3.05, 3.63) is 80.9 Å². The second kappa shape index (κ2) is 7.01. The molecule has 9 nitrogen and oxygen atoms in total. The number of ketones is 1. The van der Waals surface area contributed by atoms with Gasteiger partial charge in [-0.3, -0.25) is 25.0 Å². The van der Waals surface area contributed by atoms with Gasteiger partial charge in [0.05, 0.1) is 15.9 Å². The molecule has 0 saturated heterocycles. The molecule has 1 aliphatic rings. The highest BCUT2D eigenvalue weighted by Crippen LogP contribution is 2.22. The molecular formula is C17H14N4O5. The molecule has 2 unspecified atom stereocenters. The Morgan fingerprint density at radius 2 is 1.23 bits per heavy atom. The van der Waals surface area contributed by atoms with Crippen molar-refractivity contribution < 1.29 is 14.6 Å². The number of nitro groups is 2. The van der Waals surface area contributed by atoms with Gasteiger partial charge in [0.2, 0.25) is 0 Å². The van der Waals surface area contributed by atoms with Crippen LogP contribution in [0.4, 0.5) is 22.7 Å². The third kappa shape index (κ3) is 3.66. The first kappa shape index (κ1) is 17.1. The summed E-state index contributed by atoms with van der Waals surface area (Å²) < 4.78 is 0. The fourth-order valence-corrected chi connectivity index (χ4v) is 2.61. The van der Waals surface area contributed by atoms with Crippen LogP contribution in [0.5, 0.6) is 0 Å². The van der Waals surface area contributed by atoms with E-state index < -0.39 is 15.9 Å². The fraction of sp³-hybridized carbons (Fsp3) is 0.118. The van der Waals surface area contributed by atoms with Crippen LogP contribution in [0.1, 0.15) is 0 Å². The molecule has 2 N–H and O–H groups in total. The fourth-order valence-electron chi connectivity index (χ4n) is 2.61. The number of benzene rings is 2. The molecule has 9 heteroatoms. The molecule has 0 amide bonds. The van der Waals surface area contributed by atoms with Gasteiger partial charge in [-0.1, -0.05) is 6.08 Å². The zero-order valence-corrected chi connectivity index (χ0v) is 13.4. The molecule has 0 aliphatic heterocycles. The molecule has 26 heavy (non-hydrogen) atoms. The first-order chi connectivity index (χ1) is 12.4. The van der Waals surface area contributed by atoms with Crippen LogP contribution in [0.2, 0.25) is 0 Å². The summed E-state index contributed by atoms with van der Waals surface area (Å²) in [5.74, 6) is -0.136. The van der Waals surface area contributed by atoms with E-state index in [4.69, 9.17) is 0 Å². The average Bonchev–Trinajstić information content (AvgIpc) is 2.96. The molecule has 0 saturated carbocycles. The largest absolute Gasteiger partial charge is 0.376 e. The van der Waals surface area contributed by atoms with Gasteiger partial charge in [-0.15, -0.1) is 0 Å². The minimum Gasteiger partial charge on any atom is -0.376 e. The third-order valence-corrected chi connectivity index (χ3v) is 3.95. The van der Waals surface area contributed by atoms with Crippen LogP contribution in [0, 0.1) is 20.2 Å². The summed E-state index contributed by atoms with van der Waals surface area (Å²) in [7, 11) is 0. The lowest BCUT2D eigenvalue weighted by Crippen LogP contribution is -2.39. The lowest BCUT2D eigenvalue weighted by molar-refractivity contribution is -0.385. The normalized spacial score (nSPS) is 18.5. The number of nitro benzene ring substituents is 2. The quantitative estimate of drug-likeness (QED) is 0.603. The van der Waals surface area contributed by atoms with Crippen LogP contribution in [-0.2, 0) is 4.79 Å². The van der Waals surface area contributed by atoms with E-state index in [-0.39, 0.29) is 23.2 Å². The Morgan fingerprint density at radius 1 is 0.769 bits per heavy atom. The maximum atomic E-state index is 12.1. The summed E-state index contributed by atoms with van der Waals surface area (Å²) >= 11 is 0. The summed E-state index contributed by atoms with van der Waals surface area (Å²) in [6, 6.07) is 10.7. The number of nitrogens with zero attached hydrogens (tertiary/aromatic N) is 2. The number of non-ortho nitro benzene ring substituents is 2. The molecule has 2 aromatic carbocycles. The van der Waals surface area contributed by atoms with E-state index in [1.165, 1.54) is 42.5 Å². The second-order valence-corrected chi connectivity index (χ2v) is 5.66. The van der Waals surface area contributed by atoms with Gasteiger partial charge in [-0.2, -0.15) is 0 Å². The highest BCUT2D eigenvalue weighted by molar-refractivity contribution is 6.00. The molecule has 3 rings (SSSR count). The van der Waals surface area contributed by atoms with Crippen molar-refractivity contribution >= 4 is 28.5 Å². The van der Waals surface area contributed by atoms with Crippen molar-refractivity contribution in [3.8, 4) is 0 Å². The molecule has 1 aliphatic carbocycles. The lowest BCUT2D eigenvalue weighted by Gasteiger charge is -2.22. The van der Waals surface area contributed by atoms with Gasteiger partial charge in [0.15, 0.2) is 5.78 Å². The van der Waals surface area contributed by atoms with E-state index >= 15 is 0 Å². The molecule has 0 radical (unpaired) electrons. The van der Waals surface area contributed by atoms with Crippen molar-refractivity contribution in [2.75, 3.05) is 10.6 Å². The lowest BCUT2D eigenvalue weighted by atomic mass is 10.1. The predicted molar refractivity (Wildman–Crippen MR) is 95.2 cm³/mol. The third-order valence-electron chi connectivity index (χ3n) is 3.95. The zero-order valence-electron chi connectivity index (χ0n) is 13.4. The monoisotopic (exact) mass is 354 g/mol. The van der Waals surface area contributed by atoms with E-state index in [2.05, 4.69) is 10.6 Å². The number of anilines is 2. The van der Waals surface area contributed by atoms with Gasteiger partial charge in [0.1, 0.15) is 6.04 Å². The van der Waals surface area contributed by atoms with Gasteiger partial charge < -0.3 is 10.6 Å². The smallest absolute Gasteiger partial charge is 0.269 e. The predicted octanol–water partition coefficient (Wildman–Crippen LogP) is 2.90. The Balaban J connectivity index is 1.70. The van der Waals surface area contributed by atoms with Gasteiger partial charge in [0, 0.05) is 35.6 Å². The number of hydrogen-bond acceptors (Lipinski definition) is 7. The summed E-state index contributed by atoms with van der Waals surface area (Å²) in [6.07, 6.45) is 3.15. The molecule has 2 atom stereocenters. The maximum Gasteiger partial charge on any atom is 0.269 e. The van der Waals surface area contributed by atoms with Crippen molar-refractivity contribution in [1.29, 1.82) is 0 Å². The van der Waals surface area contributed by atoms with Crippen molar-refractivity contribution in [2.24, 2.45) is 0 Å². The van der Waals surface area contributed by atoms with Gasteiger partial charge >= 0.3 is 0 Å². The Labute approximate surface area is 147 Å². The summed E-state index contributed by atoms with van der Waals surface area (Å²) in [5, 5.41) is 27.6. The summed E-state index contributed by atoms with van der Waals surface area (Å²) in [4.78, 5) is 32.5. The van der Waals surface area contributed by atoms with Crippen molar-refractivity contribution in [1.82, 2.24) is 0 Å². The molecule has 0 spiro atoms. The van der Waals surface area contributed by atoms with E-state index in [1.54, 1.807) is 18.2 Å². The number of hydrogen-bond donors (Lipinski definition) is 2. The van der Waals surface area contributed by atoms with E-state index in [9.17, 15) is 25.0 Å². The van der Waals surface area contributed by atoms with Gasteiger partial charge in [0.25, 0.3) is 11.4 Å². The minimum atomic E-state index is -0.591. The molecule has 0 aromatic heterocycles.